The zero-order valence-corrected chi connectivity index (χ0v) is 8.35. The highest BCUT2D eigenvalue weighted by Gasteiger charge is 2.10. The fourth-order valence-corrected chi connectivity index (χ4v) is 1.65. The molecule has 1 atom stereocenters. The molecule has 0 bridgehead atoms. The molecule has 0 N–H and O–H groups in total. The predicted octanol–water partition coefficient (Wildman–Crippen LogP) is 3.19. The lowest BCUT2D eigenvalue weighted by atomic mass is 10.0. The van der Waals surface area contributed by atoms with Gasteiger partial charge in [0.05, 0.1) is 0 Å². The molecule has 66 valence electrons. The first-order valence-corrected chi connectivity index (χ1v) is 4.33. The van der Waals surface area contributed by atoms with Crippen molar-refractivity contribution in [1.29, 1.82) is 0 Å². The molecule has 0 saturated carbocycles. The highest BCUT2D eigenvalue weighted by atomic mass is 35.5. The summed E-state index contributed by atoms with van der Waals surface area (Å²) >= 11 is 5.98. The molecule has 12 heavy (non-hydrogen) atoms. The molecule has 1 rings (SSSR count). The first-order valence-electron chi connectivity index (χ1n) is 3.89. The molecule has 0 fully saturated rings. The number of ether oxygens (including phenoxy) is 1. The molecule has 1 nitrogen and oxygen atoms in total. The minimum atomic E-state index is -0.328. The van der Waals surface area contributed by atoms with E-state index < -0.39 is 0 Å². The Morgan fingerprint density at radius 1 is 1.25 bits per heavy atom. The molecule has 0 aliphatic carbocycles. The van der Waals surface area contributed by atoms with Gasteiger partial charge in [0.15, 0.2) is 5.56 Å². The van der Waals surface area contributed by atoms with Crippen molar-refractivity contribution >= 4 is 11.6 Å². The number of alkyl halides is 1. The van der Waals surface area contributed by atoms with E-state index in [9.17, 15) is 0 Å². The summed E-state index contributed by atoms with van der Waals surface area (Å²) in [4.78, 5) is 0. The van der Waals surface area contributed by atoms with Gasteiger partial charge >= 0.3 is 0 Å². The van der Waals surface area contributed by atoms with Gasteiger partial charge in [-0.15, -0.1) is 0 Å². The Balaban J connectivity index is 3.12. The predicted molar refractivity (Wildman–Crippen MR) is 51.5 cm³/mol. The van der Waals surface area contributed by atoms with Crippen molar-refractivity contribution in [2.24, 2.45) is 0 Å². The van der Waals surface area contributed by atoms with E-state index in [1.165, 1.54) is 11.1 Å². The van der Waals surface area contributed by atoms with Gasteiger partial charge < -0.3 is 4.74 Å². The van der Waals surface area contributed by atoms with Crippen molar-refractivity contribution in [3.05, 3.63) is 34.9 Å². The fraction of sp³-hybridized carbons (Fsp3) is 0.400. The number of rotatable bonds is 2. The van der Waals surface area contributed by atoms with Crippen LogP contribution in [0.2, 0.25) is 0 Å². The second-order valence-corrected chi connectivity index (χ2v) is 3.25. The summed E-state index contributed by atoms with van der Waals surface area (Å²) in [6.07, 6.45) is 0. The largest absolute Gasteiger partial charge is 0.361 e. The minimum Gasteiger partial charge on any atom is -0.361 e. The van der Waals surface area contributed by atoms with Crippen LogP contribution in [0.25, 0.3) is 0 Å². The van der Waals surface area contributed by atoms with Crippen LogP contribution in [-0.4, -0.2) is 7.11 Å². The molecule has 0 aromatic heterocycles. The van der Waals surface area contributed by atoms with Crippen LogP contribution in [0.15, 0.2) is 18.2 Å². The van der Waals surface area contributed by atoms with Crippen LogP contribution in [0.1, 0.15) is 22.3 Å². The highest BCUT2D eigenvalue weighted by Crippen LogP contribution is 2.27. The summed E-state index contributed by atoms with van der Waals surface area (Å²) in [6, 6.07) is 6.10. The van der Waals surface area contributed by atoms with E-state index in [4.69, 9.17) is 16.3 Å². The van der Waals surface area contributed by atoms with Crippen LogP contribution in [-0.2, 0) is 4.74 Å². The topological polar surface area (TPSA) is 9.23 Å². The van der Waals surface area contributed by atoms with Gasteiger partial charge in [0.25, 0.3) is 0 Å². The molecule has 0 spiro atoms. The Morgan fingerprint density at radius 3 is 2.17 bits per heavy atom. The molecule has 0 radical (unpaired) electrons. The summed E-state index contributed by atoms with van der Waals surface area (Å²) < 4.78 is 5.06. The van der Waals surface area contributed by atoms with Crippen LogP contribution >= 0.6 is 11.6 Å². The van der Waals surface area contributed by atoms with Crippen LogP contribution in [0, 0.1) is 13.8 Å². The van der Waals surface area contributed by atoms with Gasteiger partial charge in [-0.25, -0.2) is 0 Å². The van der Waals surface area contributed by atoms with Crippen molar-refractivity contribution in [2.75, 3.05) is 7.11 Å². The van der Waals surface area contributed by atoms with Crippen molar-refractivity contribution in [3.8, 4) is 0 Å². The normalized spacial score (nSPS) is 13.0. The standard InChI is InChI=1S/C10H13ClO/c1-7-5-4-6-8(2)9(7)10(11)12-3/h4-6,10H,1-3H3. The number of halogens is 1. The van der Waals surface area contributed by atoms with Crippen molar-refractivity contribution in [1.82, 2.24) is 0 Å². The molecular weight excluding hydrogens is 172 g/mol. The summed E-state index contributed by atoms with van der Waals surface area (Å²) in [5, 5.41) is 0. The van der Waals surface area contributed by atoms with E-state index in [-0.39, 0.29) is 5.56 Å². The minimum absolute atomic E-state index is 0.328. The van der Waals surface area contributed by atoms with Gasteiger partial charge in [-0.1, -0.05) is 29.8 Å². The Hall–Kier alpha value is -0.530. The molecule has 0 heterocycles. The monoisotopic (exact) mass is 184 g/mol. The molecule has 2 heteroatoms. The van der Waals surface area contributed by atoms with Gasteiger partial charge in [0.1, 0.15) is 0 Å². The van der Waals surface area contributed by atoms with Crippen molar-refractivity contribution in [2.45, 2.75) is 19.4 Å². The Morgan fingerprint density at radius 2 is 1.75 bits per heavy atom. The lowest BCUT2D eigenvalue weighted by Crippen LogP contribution is -1.98. The average molecular weight is 185 g/mol. The fourth-order valence-electron chi connectivity index (χ4n) is 1.30. The van der Waals surface area contributed by atoms with E-state index in [2.05, 4.69) is 0 Å². The third-order valence-electron chi connectivity index (χ3n) is 1.98. The molecule has 1 unspecified atom stereocenters. The van der Waals surface area contributed by atoms with Crippen molar-refractivity contribution in [3.63, 3.8) is 0 Å². The average Bonchev–Trinajstić information content (AvgIpc) is 2.03. The highest BCUT2D eigenvalue weighted by molar-refractivity contribution is 6.20. The summed E-state index contributed by atoms with van der Waals surface area (Å²) in [6.45, 7) is 4.08. The maximum absolute atomic E-state index is 5.98. The van der Waals surface area contributed by atoms with E-state index in [0.717, 1.165) is 5.56 Å². The van der Waals surface area contributed by atoms with Gasteiger partial charge in [-0.2, -0.15) is 0 Å². The smallest absolute Gasteiger partial charge is 0.156 e. The van der Waals surface area contributed by atoms with Gasteiger partial charge in [-0.05, 0) is 25.0 Å². The molecule has 0 aliphatic heterocycles. The zero-order valence-electron chi connectivity index (χ0n) is 7.60. The zero-order chi connectivity index (χ0) is 9.14. The lowest BCUT2D eigenvalue weighted by molar-refractivity contribution is 0.169. The van der Waals surface area contributed by atoms with Crippen LogP contribution in [0.3, 0.4) is 0 Å². The quantitative estimate of drug-likeness (QED) is 0.642. The maximum atomic E-state index is 5.98. The number of hydrogen-bond acceptors (Lipinski definition) is 1. The van der Waals surface area contributed by atoms with E-state index in [1.807, 2.05) is 32.0 Å². The summed E-state index contributed by atoms with van der Waals surface area (Å²) in [5.41, 5.74) is 3.11. The molecule has 0 saturated heterocycles. The molecule has 1 aromatic carbocycles. The van der Waals surface area contributed by atoms with E-state index >= 15 is 0 Å². The maximum Gasteiger partial charge on any atom is 0.156 e. The Labute approximate surface area is 78.3 Å². The molecule has 0 amide bonds. The first kappa shape index (κ1) is 9.56. The third kappa shape index (κ3) is 1.79. The molecular formula is C10H13ClO. The van der Waals surface area contributed by atoms with Crippen LogP contribution in [0.4, 0.5) is 0 Å². The van der Waals surface area contributed by atoms with Crippen LogP contribution in [0.5, 0.6) is 0 Å². The number of benzene rings is 1. The SMILES string of the molecule is COC(Cl)c1c(C)cccc1C. The first-order chi connectivity index (χ1) is 5.66. The summed E-state index contributed by atoms with van der Waals surface area (Å²) in [7, 11) is 1.61. The van der Waals surface area contributed by atoms with Gasteiger partial charge in [0, 0.05) is 12.7 Å². The lowest BCUT2D eigenvalue weighted by Gasteiger charge is -2.13. The van der Waals surface area contributed by atoms with E-state index in [1.54, 1.807) is 7.11 Å². The number of aryl methyl sites for hydroxylation is 2. The Bertz CT molecular complexity index is 250. The van der Waals surface area contributed by atoms with Crippen LogP contribution < -0.4 is 0 Å². The Kier molecular flexibility index (Phi) is 3.12. The molecule has 1 aromatic rings. The van der Waals surface area contributed by atoms with Crippen molar-refractivity contribution < 1.29 is 4.74 Å². The molecule has 0 aliphatic rings. The number of methoxy groups -OCH3 is 1. The van der Waals surface area contributed by atoms with Gasteiger partial charge in [0.2, 0.25) is 0 Å². The summed E-state index contributed by atoms with van der Waals surface area (Å²) in [5.74, 6) is 0. The third-order valence-corrected chi connectivity index (χ3v) is 2.37. The van der Waals surface area contributed by atoms with E-state index in [0.29, 0.717) is 0 Å². The van der Waals surface area contributed by atoms with Gasteiger partial charge in [-0.3, -0.25) is 0 Å². The second kappa shape index (κ2) is 3.92. The number of hydrogen-bond donors (Lipinski definition) is 0. The second-order valence-electron chi connectivity index (χ2n) is 2.86.